The molecule has 0 radical (unpaired) electrons. The molecule has 33 heavy (non-hydrogen) atoms. The van der Waals surface area contributed by atoms with Gasteiger partial charge < -0.3 is 16.0 Å². The molecule has 0 unspecified atom stereocenters. The van der Waals surface area contributed by atoms with Crippen molar-refractivity contribution < 1.29 is 19.2 Å². The minimum Gasteiger partial charge on any atom is -0.348 e. The number of Topliss-reactive ketones (excluding diaryl/α,β-unsaturated/α-hetero) is 1. The first kappa shape index (κ1) is 23.9. The van der Waals surface area contributed by atoms with Crippen molar-refractivity contribution >= 4 is 50.8 Å². The molecule has 0 saturated carbocycles. The van der Waals surface area contributed by atoms with E-state index in [2.05, 4.69) is 31.9 Å². The lowest BCUT2D eigenvalue weighted by Gasteiger charge is -2.11. The summed E-state index contributed by atoms with van der Waals surface area (Å²) in [5.41, 5.74) is 3.02. The number of hydrogen-bond donors (Lipinski definition) is 3. The average Bonchev–Trinajstić information content (AvgIpc) is 2.79. The molecule has 3 N–H and O–H groups in total. The monoisotopic (exact) mass is 507 g/mol. The second kappa shape index (κ2) is 10.7. The van der Waals surface area contributed by atoms with E-state index >= 15 is 0 Å². The van der Waals surface area contributed by atoms with E-state index in [-0.39, 0.29) is 23.1 Å². The van der Waals surface area contributed by atoms with E-state index in [1.807, 2.05) is 31.2 Å². The molecule has 0 saturated heterocycles. The van der Waals surface area contributed by atoms with Crippen LogP contribution in [0.25, 0.3) is 0 Å². The second-order valence-electron chi connectivity index (χ2n) is 7.40. The van der Waals surface area contributed by atoms with Gasteiger partial charge in [0.05, 0.1) is 11.3 Å². The molecule has 8 heteroatoms. The van der Waals surface area contributed by atoms with E-state index in [1.54, 1.807) is 24.3 Å². The SMILES string of the molecule is CC(=O)Nc1ccc(Br)cc1C(=O)C(=O)Nc1cccc(C(=O)NCc2ccc(C)cc2)c1. The van der Waals surface area contributed by atoms with Gasteiger partial charge in [0, 0.05) is 29.2 Å². The molecule has 0 atom stereocenters. The van der Waals surface area contributed by atoms with Crippen LogP contribution in [0.3, 0.4) is 0 Å². The fraction of sp³-hybridized carbons (Fsp3) is 0.120. The lowest BCUT2D eigenvalue weighted by atomic mass is 10.1. The molecule has 0 aromatic heterocycles. The Bertz CT molecular complexity index is 1220. The van der Waals surface area contributed by atoms with Gasteiger partial charge in [0.15, 0.2) is 0 Å². The number of rotatable bonds is 7. The van der Waals surface area contributed by atoms with Gasteiger partial charge >= 0.3 is 0 Å². The molecule has 0 fully saturated rings. The molecule has 3 amide bonds. The third-order valence-electron chi connectivity index (χ3n) is 4.70. The van der Waals surface area contributed by atoms with Gasteiger partial charge in [-0.1, -0.05) is 51.8 Å². The predicted octanol–water partition coefficient (Wildman–Crippen LogP) is 4.47. The van der Waals surface area contributed by atoms with Crippen LogP contribution in [0.2, 0.25) is 0 Å². The average molecular weight is 508 g/mol. The molecular weight excluding hydrogens is 486 g/mol. The van der Waals surface area contributed by atoms with Gasteiger partial charge in [-0.2, -0.15) is 0 Å². The molecule has 168 valence electrons. The van der Waals surface area contributed by atoms with Crippen molar-refractivity contribution in [2.45, 2.75) is 20.4 Å². The fourth-order valence-corrected chi connectivity index (χ4v) is 3.40. The van der Waals surface area contributed by atoms with Gasteiger partial charge in [0.25, 0.3) is 17.6 Å². The molecule has 3 aromatic carbocycles. The zero-order valence-electron chi connectivity index (χ0n) is 18.1. The maximum absolute atomic E-state index is 12.7. The fourth-order valence-electron chi connectivity index (χ4n) is 3.04. The molecule has 0 bridgehead atoms. The molecule has 7 nitrogen and oxygen atoms in total. The van der Waals surface area contributed by atoms with Crippen LogP contribution in [0, 0.1) is 6.92 Å². The number of amides is 3. The van der Waals surface area contributed by atoms with Crippen LogP contribution in [0.4, 0.5) is 11.4 Å². The summed E-state index contributed by atoms with van der Waals surface area (Å²) in [5, 5.41) is 7.89. The van der Waals surface area contributed by atoms with Gasteiger partial charge in [-0.15, -0.1) is 0 Å². The predicted molar refractivity (Wildman–Crippen MR) is 130 cm³/mol. The van der Waals surface area contributed by atoms with Crippen LogP contribution in [0.5, 0.6) is 0 Å². The third kappa shape index (κ3) is 6.60. The number of halogens is 1. The Kier molecular flexibility index (Phi) is 7.74. The summed E-state index contributed by atoms with van der Waals surface area (Å²) in [6.45, 7) is 3.67. The van der Waals surface area contributed by atoms with Gasteiger partial charge in [-0.3, -0.25) is 19.2 Å². The quantitative estimate of drug-likeness (QED) is 0.324. The van der Waals surface area contributed by atoms with Gasteiger partial charge in [0.1, 0.15) is 0 Å². The first-order chi connectivity index (χ1) is 15.7. The van der Waals surface area contributed by atoms with Crippen LogP contribution in [-0.2, 0) is 16.1 Å². The van der Waals surface area contributed by atoms with Crippen LogP contribution >= 0.6 is 15.9 Å². The maximum atomic E-state index is 12.7. The minimum absolute atomic E-state index is 0.0454. The van der Waals surface area contributed by atoms with Crippen molar-refractivity contribution in [3.05, 3.63) is 93.5 Å². The maximum Gasteiger partial charge on any atom is 0.296 e. The summed E-state index contributed by atoms with van der Waals surface area (Å²) in [7, 11) is 0. The molecule has 0 aliphatic heterocycles. The normalized spacial score (nSPS) is 10.3. The molecule has 0 aliphatic rings. The van der Waals surface area contributed by atoms with E-state index in [4.69, 9.17) is 0 Å². The number of anilines is 2. The Balaban J connectivity index is 1.69. The molecule has 3 rings (SSSR count). The summed E-state index contributed by atoms with van der Waals surface area (Å²) in [4.78, 5) is 49.3. The largest absolute Gasteiger partial charge is 0.348 e. The Morgan fingerprint density at radius 2 is 1.61 bits per heavy atom. The smallest absolute Gasteiger partial charge is 0.296 e. The van der Waals surface area contributed by atoms with Crippen molar-refractivity contribution in [2.24, 2.45) is 0 Å². The summed E-state index contributed by atoms with van der Waals surface area (Å²) >= 11 is 3.27. The van der Waals surface area contributed by atoms with Crippen LogP contribution < -0.4 is 16.0 Å². The highest BCUT2D eigenvalue weighted by Crippen LogP contribution is 2.22. The van der Waals surface area contributed by atoms with E-state index in [0.717, 1.165) is 11.1 Å². The number of carbonyl (C=O) groups is 4. The Morgan fingerprint density at radius 1 is 0.879 bits per heavy atom. The lowest BCUT2D eigenvalue weighted by Crippen LogP contribution is -2.25. The standard InChI is InChI=1S/C25H22BrN3O4/c1-15-6-8-17(9-7-15)14-27-24(32)18-4-3-5-20(12-18)29-25(33)23(31)21-13-19(26)10-11-22(21)28-16(2)30/h3-13H,14H2,1-2H3,(H,27,32)(H,28,30)(H,29,33). The zero-order valence-corrected chi connectivity index (χ0v) is 19.7. The molecule has 0 spiro atoms. The van der Waals surface area contributed by atoms with Crippen molar-refractivity contribution in [1.82, 2.24) is 5.32 Å². The summed E-state index contributed by atoms with van der Waals surface area (Å²) in [5.74, 6) is -2.39. The van der Waals surface area contributed by atoms with E-state index in [9.17, 15) is 19.2 Å². The first-order valence-corrected chi connectivity index (χ1v) is 10.9. The van der Waals surface area contributed by atoms with E-state index in [0.29, 0.717) is 22.3 Å². The van der Waals surface area contributed by atoms with E-state index in [1.165, 1.54) is 25.1 Å². The topological polar surface area (TPSA) is 104 Å². The second-order valence-corrected chi connectivity index (χ2v) is 8.32. The number of nitrogens with one attached hydrogen (secondary N) is 3. The molecular formula is C25H22BrN3O4. The highest BCUT2D eigenvalue weighted by Gasteiger charge is 2.21. The number of carbonyl (C=O) groups excluding carboxylic acids is 4. The summed E-state index contributed by atoms with van der Waals surface area (Å²) in [6.07, 6.45) is 0. The van der Waals surface area contributed by atoms with Crippen LogP contribution in [0.1, 0.15) is 38.8 Å². The Hall–Kier alpha value is -3.78. The summed E-state index contributed by atoms with van der Waals surface area (Å²) < 4.78 is 0.583. The highest BCUT2D eigenvalue weighted by atomic mass is 79.9. The van der Waals surface area contributed by atoms with Crippen molar-refractivity contribution in [2.75, 3.05) is 10.6 Å². The lowest BCUT2D eigenvalue weighted by molar-refractivity contribution is -0.114. The Morgan fingerprint density at radius 3 is 2.30 bits per heavy atom. The van der Waals surface area contributed by atoms with Crippen LogP contribution in [0.15, 0.2) is 71.2 Å². The van der Waals surface area contributed by atoms with Crippen molar-refractivity contribution in [3.63, 3.8) is 0 Å². The third-order valence-corrected chi connectivity index (χ3v) is 5.19. The zero-order chi connectivity index (χ0) is 24.0. The van der Waals surface area contributed by atoms with Gasteiger partial charge in [-0.25, -0.2) is 0 Å². The molecule has 0 heterocycles. The van der Waals surface area contributed by atoms with Gasteiger partial charge in [0.2, 0.25) is 5.91 Å². The number of benzene rings is 3. The van der Waals surface area contributed by atoms with E-state index < -0.39 is 11.7 Å². The Labute approximate surface area is 199 Å². The molecule has 0 aliphatic carbocycles. The number of ketones is 1. The van der Waals surface area contributed by atoms with Crippen molar-refractivity contribution in [3.8, 4) is 0 Å². The minimum atomic E-state index is -0.892. The first-order valence-electron chi connectivity index (χ1n) is 10.1. The molecule has 3 aromatic rings. The number of hydrogen-bond acceptors (Lipinski definition) is 4. The van der Waals surface area contributed by atoms with Crippen LogP contribution in [-0.4, -0.2) is 23.5 Å². The number of aryl methyl sites for hydroxylation is 1. The van der Waals surface area contributed by atoms with Gasteiger partial charge in [-0.05, 0) is 48.9 Å². The summed E-state index contributed by atoms with van der Waals surface area (Å²) in [6, 6.07) is 18.8. The highest BCUT2D eigenvalue weighted by molar-refractivity contribution is 9.10. The van der Waals surface area contributed by atoms with Crippen molar-refractivity contribution in [1.29, 1.82) is 0 Å².